The SMILES string of the molecule is Cc1ccc(CNC(=O)CNC(=O)c2cc(C)cc(C)c2)cc1. The zero-order valence-electron chi connectivity index (χ0n) is 13.8. The van der Waals surface area contributed by atoms with Crippen LogP contribution in [0.3, 0.4) is 0 Å². The number of hydrogen-bond acceptors (Lipinski definition) is 2. The van der Waals surface area contributed by atoms with Crippen LogP contribution in [0.5, 0.6) is 0 Å². The van der Waals surface area contributed by atoms with Crippen molar-refractivity contribution in [1.29, 1.82) is 0 Å². The number of nitrogens with one attached hydrogen (secondary N) is 2. The van der Waals surface area contributed by atoms with Crippen molar-refractivity contribution in [3.63, 3.8) is 0 Å². The minimum Gasteiger partial charge on any atom is -0.350 e. The maximum atomic E-state index is 12.1. The number of hydrogen-bond donors (Lipinski definition) is 2. The van der Waals surface area contributed by atoms with E-state index in [1.165, 1.54) is 5.56 Å². The van der Waals surface area contributed by atoms with Crippen LogP contribution in [0.1, 0.15) is 32.6 Å². The van der Waals surface area contributed by atoms with Crippen LogP contribution in [0.4, 0.5) is 0 Å². The second kappa shape index (κ2) is 7.58. The number of benzene rings is 2. The first-order valence-electron chi connectivity index (χ1n) is 7.63. The molecule has 2 rings (SSSR count). The lowest BCUT2D eigenvalue weighted by Gasteiger charge is -2.08. The van der Waals surface area contributed by atoms with Gasteiger partial charge in [-0.2, -0.15) is 0 Å². The van der Waals surface area contributed by atoms with Crippen LogP contribution in [-0.2, 0) is 11.3 Å². The zero-order valence-corrected chi connectivity index (χ0v) is 13.8. The van der Waals surface area contributed by atoms with Gasteiger partial charge in [-0.05, 0) is 38.5 Å². The molecule has 0 saturated carbocycles. The summed E-state index contributed by atoms with van der Waals surface area (Å²) in [5.41, 5.74) is 4.84. The summed E-state index contributed by atoms with van der Waals surface area (Å²) in [6.45, 7) is 6.33. The third kappa shape index (κ3) is 5.25. The first-order valence-corrected chi connectivity index (χ1v) is 7.63. The molecule has 0 fully saturated rings. The second-order valence-corrected chi connectivity index (χ2v) is 5.82. The number of rotatable bonds is 5. The van der Waals surface area contributed by atoms with E-state index in [9.17, 15) is 9.59 Å². The molecule has 0 heterocycles. The molecule has 2 amide bonds. The monoisotopic (exact) mass is 310 g/mol. The van der Waals surface area contributed by atoms with Gasteiger partial charge in [0.15, 0.2) is 0 Å². The Morgan fingerprint density at radius 1 is 0.826 bits per heavy atom. The summed E-state index contributed by atoms with van der Waals surface area (Å²) in [5, 5.41) is 5.44. The Labute approximate surface area is 136 Å². The lowest BCUT2D eigenvalue weighted by molar-refractivity contribution is -0.120. The van der Waals surface area contributed by atoms with Gasteiger partial charge in [0.05, 0.1) is 6.54 Å². The largest absolute Gasteiger partial charge is 0.350 e. The molecule has 0 saturated heterocycles. The van der Waals surface area contributed by atoms with Gasteiger partial charge < -0.3 is 10.6 Å². The van der Waals surface area contributed by atoms with Crippen LogP contribution < -0.4 is 10.6 Å². The van der Waals surface area contributed by atoms with Crippen molar-refractivity contribution < 1.29 is 9.59 Å². The zero-order chi connectivity index (χ0) is 16.8. The number of aryl methyl sites for hydroxylation is 3. The van der Waals surface area contributed by atoms with Crippen LogP contribution in [-0.4, -0.2) is 18.4 Å². The molecule has 4 nitrogen and oxygen atoms in total. The van der Waals surface area contributed by atoms with Gasteiger partial charge in [0, 0.05) is 12.1 Å². The molecule has 0 radical (unpaired) electrons. The highest BCUT2D eigenvalue weighted by Crippen LogP contribution is 2.08. The van der Waals surface area contributed by atoms with E-state index in [-0.39, 0.29) is 18.4 Å². The Hall–Kier alpha value is -2.62. The molecule has 2 aromatic rings. The van der Waals surface area contributed by atoms with Gasteiger partial charge >= 0.3 is 0 Å². The van der Waals surface area contributed by atoms with E-state index in [4.69, 9.17) is 0 Å². The number of carbonyl (C=O) groups excluding carboxylic acids is 2. The molecular formula is C19H22N2O2. The van der Waals surface area contributed by atoms with Crippen LogP contribution in [0.15, 0.2) is 42.5 Å². The Morgan fingerprint density at radius 3 is 2.04 bits per heavy atom. The predicted molar refractivity (Wildman–Crippen MR) is 91.3 cm³/mol. The molecule has 2 aromatic carbocycles. The highest BCUT2D eigenvalue weighted by atomic mass is 16.2. The molecule has 23 heavy (non-hydrogen) atoms. The van der Waals surface area contributed by atoms with E-state index in [0.29, 0.717) is 12.1 Å². The van der Waals surface area contributed by atoms with Crippen LogP contribution in [0, 0.1) is 20.8 Å². The van der Waals surface area contributed by atoms with Crippen molar-refractivity contribution in [3.05, 3.63) is 70.3 Å². The third-order valence-corrected chi connectivity index (χ3v) is 3.50. The van der Waals surface area contributed by atoms with E-state index in [1.807, 2.05) is 63.2 Å². The molecule has 0 atom stereocenters. The quantitative estimate of drug-likeness (QED) is 0.892. The number of carbonyl (C=O) groups is 2. The van der Waals surface area contributed by atoms with Crippen molar-refractivity contribution >= 4 is 11.8 Å². The van der Waals surface area contributed by atoms with E-state index in [2.05, 4.69) is 10.6 Å². The first-order chi connectivity index (χ1) is 10.9. The molecule has 120 valence electrons. The first kappa shape index (κ1) is 16.7. The fourth-order valence-electron chi connectivity index (χ4n) is 2.34. The van der Waals surface area contributed by atoms with Gasteiger partial charge in [0.25, 0.3) is 5.91 Å². The topological polar surface area (TPSA) is 58.2 Å². The summed E-state index contributed by atoms with van der Waals surface area (Å²) in [6.07, 6.45) is 0. The Bertz CT molecular complexity index is 686. The average molecular weight is 310 g/mol. The maximum Gasteiger partial charge on any atom is 0.251 e. The highest BCUT2D eigenvalue weighted by Gasteiger charge is 2.08. The van der Waals surface area contributed by atoms with E-state index >= 15 is 0 Å². The smallest absolute Gasteiger partial charge is 0.251 e. The highest BCUT2D eigenvalue weighted by molar-refractivity contribution is 5.96. The Morgan fingerprint density at radius 2 is 1.43 bits per heavy atom. The molecule has 0 aliphatic heterocycles. The summed E-state index contributed by atoms with van der Waals surface area (Å²) >= 11 is 0. The van der Waals surface area contributed by atoms with Gasteiger partial charge in [0.2, 0.25) is 5.91 Å². The standard InChI is InChI=1S/C19H22N2O2/c1-13-4-6-16(7-5-13)11-20-18(22)12-21-19(23)17-9-14(2)8-15(3)10-17/h4-10H,11-12H2,1-3H3,(H,20,22)(H,21,23). The van der Waals surface area contributed by atoms with Gasteiger partial charge in [-0.15, -0.1) is 0 Å². The molecule has 2 N–H and O–H groups in total. The molecular weight excluding hydrogens is 288 g/mol. The second-order valence-electron chi connectivity index (χ2n) is 5.82. The van der Waals surface area contributed by atoms with Crippen molar-refractivity contribution in [3.8, 4) is 0 Å². The predicted octanol–water partition coefficient (Wildman–Crippen LogP) is 2.66. The summed E-state index contributed by atoms with van der Waals surface area (Å²) in [4.78, 5) is 23.9. The van der Waals surface area contributed by atoms with Crippen LogP contribution in [0.2, 0.25) is 0 Å². The molecule has 0 unspecified atom stereocenters. The van der Waals surface area contributed by atoms with Gasteiger partial charge in [0.1, 0.15) is 0 Å². The van der Waals surface area contributed by atoms with Crippen molar-refractivity contribution in [2.75, 3.05) is 6.54 Å². The summed E-state index contributed by atoms with van der Waals surface area (Å²) in [5.74, 6) is -0.439. The van der Waals surface area contributed by atoms with Gasteiger partial charge in [-0.1, -0.05) is 47.0 Å². The molecule has 0 spiro atoms. The summed E-state index contributed by atoms with van der Waals surface area (Å²) in [7, 11) is 0. The summed E-state index contributed by atoms with van der Waals surface area (Å²) in [6, 6.07) is 13.6. The molecule has 0 aliphatic carbocycles. The molecule has 0 aliphatic rings. The van der Waals surface area contributed by atoms with Crippen molar-refractivity contribution in [2.45, 2.75) is 27.3 Å². The fraction of sp³-hybridized carbons (Fsp3) is 0.263. The Kier molecular flexibility index (Phi) is 5.52. The van der Waals surface area contributed by atoms with Gasteiger partial charge in [-0.25, -0.2) is 0 Å². The third-order valence-electron chi connectivity index (χ3n) is 3.50. The maximum absolute atomic E-state index is 12.1. The average Bonchev–Trinajstić information content (AvgIpc) is 2.51. The minimum atomic E-state index is -0.234. The van der Waals surface area contributed by atoms with Crippen molar-refractivity contribution in [2.24, 2.45) is 0 Å². The molecule has 0 aromatic heterocycles. The van der Waals surface area contributed by atoms with Crippen LogP contribution in [0.25, 0.3) is 0 Å². The molecule has 0 bridgehead atoms. The van der Waals surface area contributed by atoms with Crippen molar-refractivity contribution in [1.82, 2.24) is 10.6 Å². The molecule has 4 heteroatoms. The normalized spacial score (nSPS) is 10.2. The number of amides is 2. The fourth-order valence-corrected chi connectivity index (χ4v) is 2.34. The van der Waals surface area contributed by atoms with E-state index < -0.39 is 0 Å². The van der Waals surface area contributed by atoms with E-state index in [1.54, 1.807) is 0 Å². The van der Waals surface area contributed by atoms with E-state index in [0.717, 1.165) is 16.7 Å². The minimum absolute atomic E-state index is 0.0301. The van der Waals surface area contributed by atoms with Gasteiger partial charge in [-0.3, -0.25) is 9.59 Å². The lowest BCUT2D eigenvalue weighted by Crippen LogP contribution is -2.36. The van der Waals surface area contributed by atoms with Crippen LogP contribution >= 0.6 is 0 Å². The summed E-state index contributed by atoms with van der Waals surface area (Å²) < 4.78 is 0. The lowest BCUT2D eigenvalue weighted by atomic mass is 10.1. The Balaban J connectivity index is 1.81.